The number of nitrogens with two attached hydrogens (primary N) is 1. The van der Waals surface area contributed by atoms with Gasteiger partial charge in [-0.05, 0) is 12.1 Å². The molecule has 0 radical (unpaired) electrons. The zero-order valence-electron chi connectivity index (χ0n) is 13.1. The molecule has 0 unspecified atom stereocenters. The molecule has 0 bridgehead atoms. The van der Waals surface area contributed by atoms with Crippen molar-refractivity contribution in [1.29, 1.82) is 0 Å². The Morgan fingerprint density at radius 1 is 1.26 bits per heavy atom. The quantitative estimate of drug-likeness (QED) is 0.625. The molecule has 2 heterocycles. The first-order chi connectivity index (χ1) is 11.3. The van der Waals surface area contributed by atoms with E-state index in [9.17, 15) is 0 Å². The number of hydrogen-bond donors (Lipinski definition) is 1. The van der Waals surface area contributed by atoms with Gasteiger partial charge in [-0.15, -0.1) is 10.2 Å². The van der Waals surface area contributed by atoms with Gasteiger partial charge in [-0.1, -0.05) is 23.9 Å². The third-order valence-corrected chi connectivity index (χ3v) is 4.68. The van der Waals surface area contributed by atoms with E-state index in [2.05, 4.69) is 15.1 Å². The molecule has 124 valence electrons. The molecule has 3 rings (SSSR count). The fourth-order valence-corrected chi connectivity index (χ4v) is 3.34. The van der Waals surface area contributed by atoms with Crippen LogP contribution in [0.5, 0.6) is 5.75 Å². The number of rotatable bonds is 6. The summed E-state index contributed by atoms with van der Waals surface area (Å²) in [5.41, 5.74) is 0.838. The number of aromatic nitrogens is 3. The van der Waals surface area contributed by atoms with Crippen LogP contribution in [0.1, 0.15) is 0 Å². The number of nitrogen functional groups attached to an aromatic ring is 1. The lowest BCUT2D eigenvalue weighted by Gasteiger charge is -2.26. The minimum atomic E-state index is 0.608. The maximum absolute atomic E-state index is 6.16. The lowest BCUT2D eigenvalue weighted by molar-refractivity contribution is 0.0410. The minimum Gasteiger partial charge on any atom is -0.496 e. The SMILES string of the molecule is COc1ccccc1-c1nnc(SCCN2CCOCC2)n1N. The molecule has 7 nitrogen and oxygen atoms in total. The van der Waals surface area contributed by atoms with E-state index in [1.165, 1.54) is 4.68 Å². The summed E-state index contributed by atoms with van der Waals surface area (Å²) >= 11 is 1.61. The number of ether oxygens (including phenoxy) is 2. The average Bonchev–Trinajstić information content (AvgIpc) is 2.96. The minimum absolute atomic E-state index is 0.608. The van der Waals surface area contributed by atoms with Gasteiger partial charge >= 0.3 is 0 Å². The van der Waals surface area contributed by atoms with Crippen LogP contribution in [-0.2, 0) is 4.74 Å². The molecule has 1 aliphatic rings. The van der Waals surface area contributed by atoms with Gasteiger partial charge in [0.1, 0.15) is 5.75 Å². The van der Waals surface area contributed by atoms with Gasteiger partial charge in [0, 0.05) is 25.4 Å². The molecule has 0 amide bonds. The number of morpholine rings is 1. The first-order valence-electron chi connectivity index (χ1n) is 7.56. The summed E-state index contributed by atoms with van der Waals surface area (Å²) in [5.74, 6) is 8.42. The average molecular weight is 335 g/mol. The van der Waals surface area contributed by atoms with Crippen LogP contribution >= 0.6 is 11.8 Å². The second kappa shape index (κ2) is 7.67. The zero-order valence-corrected chi connectivity index (χ0v) is 14.0. The highest BCUT2D eigenvalue weighted by atomic mass is 32.2. The molecule has 1 saturated heterocycles. The fourth-order valence-electron chi connectivity index (χ4n) is 2.48. The third kappa shape index (κ3) is 3.77. The second-order valence-corrected chi connectivity index (χ2v) is 6.24. The number of para-hydroxylation sites is 1. The van der Waals surface area contributed by atoms with Gasteiger partial charge in [0.2, 0.25) is 5.16 Å². The molecule has 0 atom stereocenters. The van der Waals surface area contributed by atoms with Crippen molar-refractivity contribution in [2.24, 2.45) is 0 Å². The monoisotopic (exact) mass is 335 g/mol. The summed E-state index contributed by atoms with van der Waals surface area (Å²) in [6.07, 6.45) is 0. The molecule has 2 aromatic rings. The number of thioether (sulfide) groups is 1. The molecule has 0 saturated carbocycles. The van der Waals surface area contributed by atoms with Crippen LogP contribution in [0.25, 0.3) is 11.4 Å². The Kier molecular flexibility index (Phi) is 5.37. The van der Waals surface area contributed by atoms with Crippen LogP contribution in [-0.4, -0.2) is 65.5 Å². The van der Waals surface area contributed by atoms with Crippen molar-refractivity contribution in [3.8, 4) is 17.1 Å². The van der Waals surface area contributed by atoms with Crippen LogP contribution < -0.4 is 10.6 Å². The molecule has 1 aromatic heterocycles. The molecule has 2 N–H and O–H groups in total. The summed E-state index contributed by atoms with van der Waals surface area (Å²) in [5, 5.41) is 9.12. The van der Waals surface area contributed by atoms with Crippen molar-refractivity contribution < 1.29 is 9.47 Å². The number of nitrogens with zero attached hydrogens (tertiary/aromatic N) is 4. The highest BCUT2D eigenvalue weighted by molar-refractivity contribution is 7.99. The lowest BCUT2D eigenvalue weighted by atomic mass is 10.2. The van der Waals surface area contributed by atoms with Crippen molar-refractivity contribution in [3.05, 3.63) is 24.3 Å². The molecular weight excluding hydrogens is 314 g/mol. The standard InChI is InChI=1S/C15H21N5O2S/c1-21-13-5-3-2-4-12(13)14-17-18-15(20(14)16)23-11-8-19-6-9-22-10-7-19/h2-5H,6-11,16H2,1H3. The van der Waals surface area contributed by atoms with E-state index in [0.29, 0.717) is 11.0 Å². The molecule has 1 aliphatic heterocycles. The third-order valence-electron chi connectivity index (χ3n) is 3.75. The summed E-state index contributed by atoms with van der Waals surface area (Å²) in [6.45, 7) is 4.60. The number of benzene rings is 1. The first kappa shape index (κ1) is 16.1. The van der Waals surface area contributed by atoms with Gasteiger partial charge in [-0.3, -0.25) is 4.90 Å². The lowest BCUT2D eigenvalue weighted by Crippen LogP contribution is -2.37. The van der Waals surface area contributed by atoms with E-state index >= 15 is 0 Å². The Bertz CT molecular complexity index is 643. The zero-order chi connectivity index (χ0) is 16.1. The largest absolute Gasteiger partial charge is 0.496 e. The van der Waals surface area contributed by atoms with E-state index in [-0.39, 0.29) is 0 Å². The maximum Gasteiger partial charge on any atom is 0.210 e. The van der Waals surface area contributed by atoms with Gasteiger partial charge in [-0.2, -0.15) is 0 Å². The molecule has 23 heavy (non-hydrogen) atoms. The van der Waals surface area contributed by atoms with Crippen molar-refractivity contribution in [3.63, 3.8) is 0 Å². The number of methoxy groups -OCH3 is 1. The van der Waals surface area contributed by atoms with Crippen LogP contribution in [0, 0.1) is 0 Å². The summed E-state index contributed by atoms with van der Waals surface area (Å²) in [7, 11) is 1.63. The van der Waals surface area contributed by atoms with Crippen molar-refractivity contribution in [1.82, 2.24) is 19.8 Å². The Morgan fingerprint density at radius 2 is 2.04 bits per heavy atom. The van der Waals surface area contributed by atoms with E-state index in [4.69, 9.17) is 15.3 Å². The predicted octanol–water partition coefficient (Wildman–Crippen LogP) is 1.09. The summed E-state index contributed by atoms with van der Waals surface area (Å²) in [6, 6.07) is 7.65. The Hall–Kier alpha value is -1.77. The molecule has 8 heteroatoms. The van der Waals surface area contributed by atoms with Crippen molar-refractivity contribution in [2.75, 3.05) is 51.6 Å². The van der Waals surface area contributed by atoms with Crippen LogP contribution in [0.3, 0.4) is 0 Å². The van der Waals surface area contributed by atoms with E-state index in [0.717, 1.165) is 49.9 Å². The van der Waals surface area contributed by atoms with Gasteiger partial charge < -0.3 is 15.3 Å². The van der Waals surface area contributed by atoms with Gasteiger partial charge in [0.15, 0.2) is 5.82 Å². The van der Waals surface area contributed by atoms with Crippen LogP contribution in [0.15, 0.2) is 29.4 Å². The highest BCUT2D eigenvalue weighted by Crippen LogP contribution is 2.29. The van der Waals surface area contributed by atoms with E-state index < -0.39 is 0 Å². The maximum atomic E-state index is 6.16. The van der Waals surface area contributed by atoms with Crippen LogP contribution in [0.4, 0.5) is 0 Å². The smallest absolute Gasteiger partial charge is 0.210 e. The fraction of sp³-hybridized carbons (Fsp3) is 0.467. The van der Waals surface area contributed by atoms with Gasteiger partial charge in [0.05, 0.1) is 25.9 Å². The van der Waals surface area contributed by atoms with E-state index in [1.54, 1.807) is 18.9 Å². The summed E-state index contributed by atoms with van der Waals surface area (Å²) in [4.78, 5) is 2.38. The van der Waals surface area contributed by atoms with Gasteiger partial charge in [0.25, 0.3) is 0 Å². The predicted molar refractivity (Wildman–Crippen MR) is 90.1 cm³/mol. The molecule has 1 aromatic carbocycles. The van der Waals surface area contributed by atoms with E-state index in [1.807, 2.05) is 24.3 Å². The molecule has 1 fully saturated rings. The number of hydrogen-bond acceptors (Lipinski definition) is 7. The van der Waals surface area contributed by atoms with Crippen molar-refractivity contribution >= 4 is 11.8 Å². The molecule has 0 aliphatic carbocycles. The normalized spacial score (nSPS) is 15.7. The van der Waals surface area contributed by atoms with Crippen molar-refractivity contribution in [2.45, 2.75) is 5.16 Å². The van der Waals surface area contributed by atoms with Crippen LogP contribution in [0.2, 0.25) is 0 Å². The Morgan fingerprint density at radius 3 is 2.83 bits per heavy atom. The van der Waals surface area contributed by atoms with Gasteiger partial charge in [-0.25, -0.2) is 4.68 Å². The summed E-state index contributed by atoms with van der Waals surface area (Å²) < 4.78 is 12.2. The Labute approximate surface area is 139 Å². The topological polar surface area (TPSA) is 78.4 Å². The second-order valence-electron chi connectivity index (χ2n) is 5.18. The molecular formula is C15H21N5O2S. The first-order valence-corrected chi connectivity index (χ1v) is 8.55. The Balaban J connectivity index is 1.64. The highest BCUT2D eigenvalue weighted by Gasteiger charge is 2.16. The molecule has 0 spiro atoms.